The number of aromatic nitrogens is 2. The normalized spacial score (nSPS) is 11.0. The summed E-state index contributed by atoms with van der Waals surface area (Å²) in [5.41, 5.74) is 3.34. The molecule has 2 nitrogen and oxygen atoms in total. The van der Waals surface area contributed by atoms with Crippen LogP contribution in [0.1, 0.15) is 11.3 Å². The molecule has 0 bridgehead atoms. The van der Waals surface area contributed by atoms with E-state index >= 15 is 0 Å². The Kier molecular flexibility index (Phi) is 3.39. The Morgan fingerprint density at radius 2 is 1.65 bits per heavy atom. The second-order valence-corrected chi connectivity index (χ2v) is 5.52. The maximum absolute atomic E-state index is 13.1. The highest BCUT2D eigenvalue weighted by molar-refractivity contribution is 5.83. The van der Waals surface area contributed by atoms with Crippen LogP contribution in [0, 0.1) is 5.82 Å². The Bertz CT molecular complexity index is 940. The summed E-state index contributed by atoms with van der Waals surface area (Å²) in [6.45, 7) is 0. The van der Waals surface area contributed by atoms with E-state index in [0.29, 0.717) is 0 Å². The predicted octanol–water partition coefficient (Wildman–Crippen LogP) is 4.76. The van der Waals surface area contributed by atoms with Crippen LogP contribution in [-0.2, 0) is 6.42 Å². The Morgan fingerprint density at radius 1 is 0.870 bits per heavy atom. The van der Waals surface area contributed by atoms with Crippen LogP contribution in [0.2, 0.25) is 0 Å². The molecular formula is C20H15FN2. The minimum absolute atomic E-state index is 0.209. The largest absolute Gasteiger partial charge is 0.298 e. The SMILES string of the molecule is Fc1ccc(Cc2cc3ccccc3n2-c2ccccn2)cc1. The lowest BCUT2D eigenvalue weighted by Crippen LogP contribution is -2.02. The molecule has 0 N–H and O–H groups in total. The van der Waals surface area contributed by atoms with Crippen LogP contribution in [0.15, 0.2) is 79.0 Å². The first-order chi connectivity index (χ1) is 11.3. The lowest BCUT2D eigenvalue weighted by atomic mass is 10.1. The zero-order valence-electron chi connectivity index (χ0n) is 12.5. The maximum Gasteiger partial charge on any atom is 0.137 e. The third-order valence-electron chi connectivity index (χ3n) is 3.96. The fraction of sp³-hybridized carbons (Fsp3) is 0.0500. The van der Waals surface area contributed by atoms with E-state index in [1.54, 1.807) is 6.20 Å². The molecule has 4 aromatic rings. The van der Waals surface area contributed by atoms with Gasteiger partial charge in [-0.3, -0.25) is 4.57 Å². The van der Waals surface area contributed by atoms with Crippen molar-refractivity contribution in [1.29, 1.82) is 0 Å². The number of hydrogen-bond donors (Lipinski definition) is 0. The molecule has 0 spiro atoms. The van der Waals surface area contributed by atoms with Gasteiger partial charge in [-0.05, 0) is 42.0 Å². The minimum Gasteiger partial charge on any atom is -0.298 e. The lowest BCUT2D eigenvalue weighted by Gasteiger charge is -2.10. The number of halogens is 1. The van der Waals surface area contributed by atoms with Gasteiger partial charge in [0.1, 0.15) is 11.6 Å². The topological polar surface area (TPSA) is 17.8 Å². The van der Waals surface area contributed by atoms with E-state index in [2.05, 4.69) is 27.8 Å². The molecule has 23 heavy (non-hydrogen) atoms. The average Bonchev–Trinajstić information content (AvgIpc) is 2.95. The summed E-state index contributed by atoms with van der Waals surface area (Å²) < 4.78 is 15.3. The van der Waals surface area contributed by atoms with Crippen molar-refractivity contribution in [1.82, 2.24) is 9.55 Å². The van der Waals surface area contributed by atoms with E-state index in [1.165, 1.54) is 17.5 Å². The standard InChI is InChI=1S/C20H15FN2/c21-17-10-8-15(9-11-17)13-18-14-16-5-1-2-6-19(16)23(18)20-7-3-4-12-22-20/h1-12,14H,13H2. The van der Waals surface area contributed by atoms with Crippen molar-refractivity contribution >= 4 is 10.9 Å². The Balaban J connectivity index is 1.87. The van der Waals surface area contributed by atoms with Gasteiger partial charge in [0.2, 0.25) is 0 Å². The summed E-state index contributed by atoms with van der Waals surface area (Å²) in [7, 11) is 0. The van der Waals surface area contributed by atoms with E-state index in [4.69, 9.17) is 0 Å². The number of hydrogen-bond acceptors (Lipinski definition) is 1. The van der Waals surface area contributed by atoms with Crippen LogP contribution in [0.4, 0.5) is 4.39 Å². The van der Waals surface area contributed by atoms with Crippen molar-refractivity contribution in [3.05, 3.63) is 96.1 Å². The molecule has 0 fully saturated rings. The Hall–Kier alpha value is -2.94. The van der Waals surface area contributed by atoms with Crippen LogP contribution in [-0.4, -0.2) is 9.55 Å². The van der Waals surface area contributed by atoms with Gasteiger partial charge in [-0.15, -0.1) is 0 Å². The van der Waals surface area contributed by atoms with E-state index < -0.39 is 0 Å². The van der Waals surface area contributed by atoms with Gasteiger partial charge in [0.15, 0.2) is 0 Å². The highest BCUT2D eigenvalue weighted by Gasteiger charge is 2.11. The molecule has 0 atom stereocenters. The van der Waals surface area contributed by atoms with Crippen LogP contribution >= 0.6 is 0 Å². The van der Waals surface area contributed by atoms with Crippen LogP contribution in [0.5, 0.6) is 0 Å². The maximum atomic E-state index is 13.1. The van der Waals surface area contributed by atoms with Crippen molar-refractivity contribution in [3.63, 3.8) is 0 Å². The van der Waals surface area contributed by atoms with Crippen molar-refractivity contribution < 1.29 is 4.39 Å². The molecule has 0 saturated carbocycles. The fourth-order valence-corrected chi connectivity index (χ4v) is 2.91. The Morgan fingerprint density at radius 3 is 2.43 bits per heavy atom. The number of nitrogens with zero attached hydrogens (tertiary/aromatic N) is 2. The molecule has 0 aliphatic heterocycles. The molecule has 0 amide bonds. The first-order valence-corrected chi connectivity index (χ1v) is 7.56. The van der Waals surface area contributed by atoms with Crippen LogP contribution in [0.25, 0.3) is 16.7 Å². The van der Waals surface area contributed by atoms with Crippen LogP contribution in [0.3, 0.4) is 0 Å². The third kappa shape index (κ3) is 2.61. The smallest absolute Gasteiger partial charge is 0.137 e. The molecule has 4 rings (SSSR count). The minimum atomic E-state index is -0.209. The number of para-hydroxylation sites is 1. The molecule has 0 saturated heterocycles. The van der Waals surface area contributed by atoms with Crippen LogP contribution < -0.4 is 0 Å². The molecule has 0 unspecified atom stereocenters. The second kappa shape index (κ2) is 5.69. The number of rotatable bonds is 3. The molecule has 2 aromatic carbocycles. The highest BCUT2D eigenvalue weighted by atomic mass is 19.1. The second-order valence-electron chi connectivity index (χ2n) is 5.52. The summed E-state index contributed by atoms with van der Waals surface area (Å²) >= 11 is 0. The number of pyridine rings is 1. The monoisotopic (exact) mass is 302 g/mol. The molecule has 2 aromatic heterocycles. The van der Waals surface area contributed by atoms with Crippen molar-refractivity contribution in [2.75, 3.05) is 0 Å². The predicted molar refractivity (Wildman–Crippen MR) is 90.3 cm³/mol. The zero-order valence-corrected chi connectivity index (χ0v) is 12.5. The van der Waals surface area contributed by atoms with Gasteiger partial charge >= 0.3 is 0 Å². The summed E-state index contributed by atoms with van der Waals surface area (Å²) in [4.78, 5) is 4.49. The fourth-order valence-electron chi connectivity index (χ4n) is 2.91. The Labute approximate surface area is 133 Å². The van der Waals surface area contributed by atoms with E-state index in [-0.39, 0.29) is 5.82 Å². The average molecular weight is 302 g/mol. The van der Waals surface area contributed by atoms with E-state index in [1.807, 2.05) is 42.5 Å². The van der Waals surface area contributed by atoms with Gasteiger partial charge in [-0.2, -0.15) is 0 Å². The molecule has 2 heterocycles. The van der Waals surface area contributed by atoms with Gasteiger partial charge < -0.3 is 0 Å². The quantitative estimate of drug-likeness (QED) is 0.534. The molecule has 0 radical (unpaired) electrons. The summed E-state index contributed by atoms with van der Waals surface area (Å²) in [6, 6.07) is 23.0. The van der Waals surface area contributed by atoms with Crippen molar-refractivity contribution in [2.45, 2.75) is 6.42 Å². The number of fused-ring (bicyclic) bond motifs is 1. The lowest BCUT2D eigenvalue weighted by molar-refractivity contribution is 0.627. The number of benzene rings is 2. The van der Waals surface area contributed by atoms with E-state index in [0.717, 1.165) is 29.0 Å². The van der Waals surface area contributed by atoms with Crippen molar-refractivity contribution in [3.8, 4) is 5.82 Å². The van der Waals surface area contributed by atoms with Gasteiger partial charge in [-0.1, -0.05) is 36.4 Å². The van der Waals surface area contributed by atoms with Gasteiger partial charge in [0.05, 0.1) is 5.52 Å². The highest BCUT2D eigenvalue weighted by Crippen LogP contribution is 2.25. The van der Waals surface area contributed by atoms with Gasteiger partial charge in [0.25, 0.3) is 0 Å². The van der Waals surface area contributed by atoms with Gasteiger partial charge in [-0.25, -0.2) is 9.37 Å². The van der Waals surface area contributed by atoms with Gasteiger partial charge in [0, 0.05) is 23.7 Å². The molecule has 0 aliphatic rings. The third-order valence-corrected chi connectivity index (χ3v) is 3.96. The molecule has 0 aliphatic carbocycles. The first-order valence-electron chi connectivity index (χ1n) is 7.56. The first kappa shape index (κ1) is 13.7. The molecular weight excluding hydrogens is 287 g/mol. The zero-order chi connectivity index (χ0) is 15.6. The molecule has 3 heteroatoms. The summed E-state index contributed by atoms with van der Waals surface area (Å²) in [5, 5.41) is 1.18. The van der Waals surface area contributed by atoms with E-state index in [9.17, 15) is 4.39 Å². The van der Waals surface area contributed by atoms with Crippen molar-refractivity contribution in [2.24, 2.45) is 0 Å². The molecule has 112 valence electrons. The summed E-state index contributed by atoms with van der Waals surface area (Å²) in [6.07, 6.45) is 2.53. The summed E-state index contributed by atoms with van der Waals surface area (Å²) in [5.74, 6) is 0.685.